The van der Waals surface area contributed by atoms with E-state index < -0.39 is 0 Å². The Morgan fingerprint density at radius 3 is 2.50 bits per heavy atom. The van der Waals surface area contributed by atoms with Gasteiger partial charge in [0.2, 0.25) is 0 Å². The van der Waals surface area contributed by atoms with Gasteiger partial charge < -0.3 is 0 Å². The predicted molar refractivity (Wildman–Crippen MR) is 66.1 cm³/mol. The highest BCUT2D eigenvalue weighted by atomic mass is 32.2. The molecular formula is C13H18S. The third-order valence-electron chi connectivity index (χ3n) is 2.28. The van der Waals surface area contributed by atoms with Crippen LogP contribution in [0.15, 0.2) is 41.8 Å². The molecule has 0 N–H and O–H groups in total. The van der Waals surface area contributed by atoms with E-state index in [0.717, 1.165) is 12.2 Å². The Bertz CT molecular complexity index is 274. The van der Waals surface area contributed by atoms with Crippen LogP contribution in [0, 0.1) is 0 Å². The SMILES string of the molecule is C=CCC(C)c1ccc(SCC)cc1. The molecule has 0 bridgehead atoms. The molecule has 76 valence electrons. The Balaban J connectivity index is 2.67. The first-order valence-electron chi connectivity index (χ1n) is 5.11. The summed E-state index contributed by atoms with van der Waals surface area (Å²) in [5.41, 5.74) is 1.41. The van der Waals surface area contributed by atoms with E-state index in [0.29, 0.717) is 5.92 Å². The van der Waals surface area contributed by atoms with Gasteiger partial charge in [0.15, 0.2) is 0 Å². The lowest BCUT2D eigenvalue weighted by atomic mass is 9.98. The number of rotatable bonds is 5. The van der Waals surface area contributed by atoms with Gasteiger partial charge in [0.1, 0.15) is 0 Å². The predicted octanol–water partition coefficient (Wildman–Crippen LogP) is 4.48. The summed E-state index contributed by atoms with van der Waals surface area (Å²) in [6.07, 6.45) is 3.04. The Morgan fingerprint density at radius 1 is 1.36 bits per heavy atom. The van der Waals surface area contributed by atoms with Crippen molar-refractivity contribution in [1.29, 1.82) is 0 Å². The Hall–Kier alpha value is -0.690. The first kappa shape index (κ1) is 11.4. The van der Waals surface area contributed by atoms with Gasteiger partial charge in [0, 0.05) is 4.90 Å². The van der Waals surface area contributed by atoms with Gasteiger partial charge in [-0.3, -0.25) is 0 Å². The average Bonchev–Trinajstić information content (AvgIpc) is 2.20. The first-order chi connectivity index (χ1) is 6.77. The van der Waals surface area contributed by atoms with E-state index in [2.05, 4.69) is 44.7 Å². The third-order valence-corrected chi connectivity index (χ3v) is 3.17. The molecule has 0 aliphatic rings. The van der Waals surface area contributed by atoms with Crippen molar-refractivity contribution in [3.8, 4) is 0 Å². The minimum atomic E-state index is 0.591. The van der Waals surface area contributed by atoms with Crippen molar-refractivity contribution in [3.05, 3.63) is 42.5 Å². The second kappa shape index (κ2) is 5.92. The lowest BCUT2D eigenvalue weighted by Crippen LogP contribution is -1.90. The molecule has 0 aromatic heterocycles. The topological polar surface area (TPSA) is 0 Å². The van der Waals surface area contributed by atoms with Crippen molar-refractivity contribution in [1.82, 2.24) is 0 Å². The van der Waals surface area contributed by atoms with E-state index >= 15 is 0 Å². The molecule has 1 aromatic carbocycles. The van der Waals surface area contributed by atoms with Crippen LogP contribution >= 0.6 is 11.8 Å². The molecular weight excluding hydrogens is 188 g/mol. The molecule has 0 aliphatic heterocycles. The molecule has 0 fully saturated rings. The van der Waals surface area contributed by atoms with E-state index in [4.69, 9.17) is 0 Å². The van der Waals surface area contributed by atoms with E-state index in [1.807, 2.05) is 17.8 Å². The fraction of sp³-hybridized carbons (Fsp3) is 0.385. The summed E-state index contributed by atoms with van der Waals surface area (Å²) >= 11 is 1.89. The van der Waals surface area contributed by atoms with Crippen LogP contribution in [0.25, 0.3) is 0 Å². The van der Waals surface area contributed by atoms with E-state index in [1.165, 1.54) is 10.5 Å². The smallest absolute Gasteiger partial charge is 0.00720 e. The van der Waals surface area contributed by atoms with E-state index in [9.17, 15) is 0 Å². The lowest BCUT2D eigenvalue weighted by molar-refractivity contribution is 0.781. The molecule has 0 amide bonds. The lowest BCUT2D eigenvalue weighted by Gasteiger charge is -2.09. The van der Waals surface area contributed by atoms with Crippen LogP contribution in [0.5, 0.6) is 0 Å². The number of benzene rings is 1. The maximum Gasteiger partial charge on any atom is 0.00720 e. The highest BCUT2D eigenvalue weighted by Crippen LogP contribution is 2.23. The second-order valence-electron chi connectivity index (χ2n) is 3.43. The minimum Gasteiger partial charge on any atom is -0.126 e. The zero-order chi connectivity index (χ0) is 10.4. The molecule has 0 saturated heterocycles. The molecule has 14 heavy (non-hydrogen) atoms. The third kappa shape index (κ3) is 3.22. The second-order valence-corrected chi connectivity index (χ2v) is 4.76. The van der Waals surface area contributed by atoms with E-state index in [1.54, 1.807) is 0 Å². The number of hydrogen-bond donors (Lipinski definition) is 0. The Morgan fingerprint density at radius 2 is 2.00 bits per heavy atom. The van der Waals surface area contributed by atoms with E-state index in [-0.39, 0.29) is 0 Å². The normalized spacial score (nSPS) is 12.4. The molecule has 0 radical (unpaired) electrons. The van der Waals surface area contributed by atoms with Crippen molar-refractivity contribution in [3.63, 3.8) is 0 Å². The molecule has 0 heterocycles. The van der Waals surface area contributed by atoms with Crippen molar-refractivity contribution >= 4 is 11.8 Å². The van der Waals surface area contributed by atoms with Crippen LogP contribution in [-0.4, -0.2) is 5.75 Å². The standard InChI is InChI=1S/C13H18S/c1-4-6-11(3)12-7-9-13(10-8-12)14-5-2/h4,7-11H,1,5-6H2,2-3H3. The van der Waals surface area contributed by atoms with Gasteiger partial charge in [-0.1, -0.05) is 32.1 Å². The highest BCUT2D eigenvalue weighted by Gasteiger charge is 2.02. The van der Waals surface area contributed by atoms with Crippen LogP contribution in [0.3, 0.4) is 0 Å². The summed E-state index contributed by atoms with van der Waals surface area (Å²) in [5, 5.41) is 0. The van der Waals surface area contributed by atoms with Crippen molar-refractivity contribution in [2.75, 3.05) is 5.75 Å². The van der Waals surface area contributed by atoms with Crippen LogP contribution in [-0.2, 0) is 0 Å². The van der Waals surface area contributed by atoms with Crippen LogP contribution in [0.4, 0.5) is 0 Å². The summed E-state index contributed by atoms with van der Waals surface area (Å²) in [5.74, 6) is 1.73. The monoisotopic (exact) mass is 206 g/mol. The van der Waals surface area contributed by atoms with Gasteiger partial charge >= 0.3 is 0 Å². The Labute approximate surface area is 91.4 Å². The molecule has 0 nitrogen and oxygen atoms in total. The quantitative estimate of drug-likeness (QED) is 0.505. The van der Waals surface area contributed by atoms with Crippen molar-refractivity contribution in [2.45, 2.75) is 31.1 Å². The van der Waals surface area contributed by atoms with Gasteiger partial charge in [0.05, 0.1) is 0 Å². The molecule has 1 rings (SSSR count). The number of allylic oxidation sites excluding steroid dienone is 1. The van der Waals surface area contributed by atoms with Gasteiger partial charge in [-0.15, -0.1) is 18.3 Å². The maximum absolute atomic E-state index is 3.77. The molecule has 1 aromatic rings. The van der Waals surface area contributed by atoms with Gasteiger partial charge in [0.25, 0.3) is 0 Å². The maximum atomic E-state index is 3.77. The fourth-order valence-corrected chi connectivity index (χ4v) is 2.11. The van der Waals surface area contributed by atoms with Gasteiger partial charge in [-0.05, 0) is 35.8 Å². The average molecular weight is 206 g/mol. The zero-order valence-electron chi connectivity index (χ0n) is 8.99. The molecule has 0 aliphatic carbocycles. The summed E-state index contributed by atoms with van der Waals surface area (Å²) in [7, 11) is 0. The highest BCUT2D eigenvalue weighted by molar-refractivity contribution is 7.99. The fourth-order valence-electron chi connectivity index (χ4n) is 1.45. The number of hydrogen-bond acceptors (Lipinski definition) is 1. The molecule has 0 spiro atoms. The minimum absolute atomic E-state index is 0.591. The summed E-state index contributed by atoms with van der Waals surface area (Å²) in [4.78, 5) is 1.36. The Kier molecular flexibility index (Phi) is 4.81. The van der Waals surface area contributed by atoms with Crippen LogP contribution in [0.1, 0.15) is 31.7 Å². The van der Waals surface area contributed by atoms with Crippen LogP contribution < -0.4 is 0 Å². The van der Waals surface area contributed by atoms with Gasteiger partial charge in [-0.25, -0.2) is 0 Å². The summed E-state index contributed by atoms with van der Waals surface area (Å²) < 4.78 is 0. The largest absolute Gasteiger partial charge is 0.126 e. The van der Waals surface area contributed by atoms with Crippen molar-refractivity contribution in [2.24, 2.45) is 0 Å². The van der Waals surface area contributed by atoms with Crippen molar-refractivity contribution < 1.29 is 0 Å². The first-order valence-corrected chi connectivity index (χ1v) is 6.10. The molecule has 1 heteroatoms. The van der Waals surface area contributed by atoms with Crippen LogP contribution in [0.2, 0.25) is 0 Å². The van der Waals surface area contributed by atoms with Gasteiger partial charge in [-0.2, -0.15) is 0 Å². The summed E-state index contributed by atoms with van der Waals surface area (Å²) in [6.45, 7) is 8.19. The molecule has 1 atom stereocenters. The molecule has 1 unspecified atom stereocenters. The number of thioether (sulfide) groups is 1. The summed E-state index contributed by atoms with van der Waals surface area (Å²) in [6, 6.07) is 8.88. The zero-order valence-corrected chi connectivity index (χ0v) is 9.81. The molecule has 0 saturated carbocycles.